The molecule has 1 unspecified atom stereocenters. The lowest BCUT2D eigenvalue weighted by Gasteiger charge is -2.24. The van der Waals surface area contributed by atoms with Gasteiger partial charge in [0.25, 0.3) is 0 Å². The van der Waals surface area contributed by atoms with E-state index in [-0.39, 0.29) is 0 Å². The molecule has 4 heteroatoms. The van der Waals surface area contributed by atoms with E-state index in [1.165, 1.54) is 18.4 Å². The maximum atomic E-state index is 5.76. The van der Waals surface area contributed by atoms with Crippen molar-refractivity contribution in [3.63, 3.8) is 0 Å². The maximum Gasteiger partial charge on any atom is 0.0702 e. The minimum atomic E-state index is 0.414. The molecule has 1 heterocycles. The summed E-state index contributed by atoms with van der Waals surface area (Å²) in [6.07, 6.45) is 2.81. The third kappa shape index (κ3) is 3.70. The smallest absolute Gasteiger partial charge is 0.0702 e. The average molecular weight is 313 g/mol. The molecule has 2 N–H and O–H groups in total. The quantitative estimate of drug-likeness (QED) is 0.849. The molecule has 3 nitrogen and oxygen atoms in total. The van der Waals surface area contributed by atoms with E-state index in [0.717, 1.165) is 36.4 Å². The second-order valence-electron chi connectivity index (χ2n) is 4.81. The molecule has 1 aliphatic heterocycles. The van der Waals surface area contributed by atoms with Crippen LogP contribution in [0.25, 0.3) is 0 Å². The molecule has 100 valence electrons. The normalized spacial score (nSPS) is 19.6. The van der Waals surface area contributed by atoms with Crippen LogP contribution >= 0.6 is 15.9 Å². The van der Waals surface area contributed by atoms with Crippen LogP contribution in [0.1, 0.15) is 25.3 Å². The number of anilines is 1. The molecule has 0 radical (unpaired) electrons. The van der Waals surface area contributed by atoms with Crippen LogP contribution in [0.5, 0.6) is 0 Å². The Kier molecular flexibility index (Phi) is 5.03. The number of nitrogens with zero attached hydrogens (tertiary/aromatic N) is 1. The zero-order valence-corrected chi connectivity index (χ0v) is 12.4. The number of halogens is 1. The van der Waals surface area contributed by atoms with Crippen LogP contribution < -0.4 is 5.73 Å². The molecule has 18 heavy (non-hydrogen) atoms. The van der Waals surface area contributed by atoms with Crippen LogP contribution in [0.15, 0.2) is 22.7 Å². The fourth-order valence-corrected chi connectivity index (χ4v) is 2.84. The van der Waals surface area contributed by atoms with E-state index < -0.39 is 0 Å². The van der Waals surface area contributed by atoms with Gasteiger partial charge >= 0.3 is 0 Å². The first-order valence-corrected chi connectivity index (χ1v) is 7.36. The molecule has 0 spiro atoms. The molecular weight excluding hydrogens is 292 g/mol. The summed E-state index contributed by atoms with van der Waals surface area (Å²) in [6.45, 7) is 6.12. The molecule has 1 saturated heterocycles. The van der Waals surface area contributed by atoms with Gasteiger partial charge in [-0.05, 0) is 37.1 Å². The van der Waals surface area contributed by atoms with Gasteiger partial charge in [0.05, 0.1) is 6.10 Å². The van der Waals surface area contributed by atoms with E-state index in [1.807, 2.05) is 12.1 Å². The van der Waals surface area contributed by atoms with Gasteiger partial charge in [0.15, 0.2) is 0 Å². The monoisotopic (exact) mass is 312 g/mol. The number of likely N-dealkylation sites (N-methyl/N-ethyl adjacent to an activating group) is 1. The molecule has 0 aliphatic carbocycles. The zero-order valence-electron chi connectivity index (χ0n) is 10.9. The predicted octanol–water partition coefficient (Wildman–Crippen LogP) is 3.03. The summed E-state index contributed by atoms with van der Waals surface area (Å²) in [5.41, 5.74) is 7.84. The summed E-state index contributed by atoms with van der Waals surface area (Å²) in [5, 5.41) is 0. The van der Waals surface area contributed by atoms with E-state index >= 15 is 0 Å². The minimum absolute atomic E-state index is 0.414. The second-order valence-corrected chi connectivity index (χ2v) is 5.67. The first-order valence-electron chi connectivity index (χ1n) is 6.57. The Morgan fingerprint density at radius 2 is 2.33 bits per heavy atom. The highest BCUT2D eigenvalue weighted by atomic mass is 79.9. The highest BCUT2D eigenvalue weighted by Gasteiger charge is 2.18. The highest BCUT2D eigenvalue weighted by Crippen LogP contribution is 2.22. The third-order valence-electron chi connectivity index (χ3n) is 3.40. The summed E-state index contributed by atoms with van der Waals surface area (Å²) in [4.78, 5) is 2.42. The SMILES string of the molecule is CCN(Cc1ccc(N)cc1Br)CC1CCCO1. The lowest BCUT2D eigenvalue weighted by molar-refractivity contribution is 0.0724. The third-order valence-corrected chi connectivity index (χ3v) is 4.14. The molecule has 0 saturated carbocycles. The Balaban J connectivity index is 1.96. The molecule has 0 amide bonds. The van der Waals surface area contributed by atoms with E-state index in [1.54, 1.807) is 0 Å². The first-order chi connectivity index (χ1) is 8.69. The molecular formula is C14H21BrN2O. The number of hydrogen-bond donors (Lipinski definition) is 1. The van der Waals surface area contributed by atoms with Crippen molar-refractivity contribution in [2.45, 2.75) is 32.4 Å². The highest BCUT2D eigenvalue weighted by molar-refractivity contribution is 9.10. The van der Waals surface area contributed by atoms with Gasteiger partial charge in [-0.1, -0.05) is 28.9 Å². The van der Waals surface area contributed by atoms with Crippen molar-refractivity contribution in [1.82, 2.24) is 4.90 Å². The first kappa shape index (κ1) is 13.8. The largest absolute Gasteiger partial charge is 0.399 e. The average Bonchev–Trinajstić information content (AvgIpc) is 2.84. The number of ether oxygens (including phenoxy) is 1. The molecule has 0 bridgehead atoms. The van der Waals surface area contributed by atoms with E-state index in [2.05, 4.69) is 33.8 Å². The fraction of sp³-hybridized carbons (Fsp3) is 0.571. The lowest BCUT2D eigenvalue weighted by Crippen LogP contribution is -2.31. The van der Waals surface area contributed by atoms with Crippen LogP contribution in [-0.2, 0) is 11.3 Å². The van der Waals surface area contributed by atoms with Gasteiger partial charge in [-0.25, -0.2) is 0 Å². The Morgan fingerprint density at radius 1 is 1.50 bits per heavy atom. The molecule has 1 aromatic rings. The molecule has 1 aromatic carbocycles. The van der Waals surface area contributed by atoms with E-state index in [9.17, 15) is 0 Å². The van der Waals surface area contributed by atoms with Crippen LogP contribution in [0, 0.1) is 0 Å². The number of benzene rings is 1. The van der Waals surface area contributed by atoms with Crippen molar-refractivity contribution in [1.29, 1.82) is 0 Å². The predicted molar refractivity (Wildman–Crippen MR) is 78.5 cm³/mol. The van der Waals surface area contributed by atoms with E-state index in [4.69, 9.17) is 10.5 Å². The van der Waals surface area contributed by atoms with Gasteiger partial charge in [-0.2, -0.15) is 0 Å². The van der Waals surface area contributed by atoms with Crippen LogP contribution in [0.2, 0.25) is 0 Å². The van der Waals surface area contributed by atoms with E-state index in [0.29, 0.717) is 6.10 Å². The van der Waals surface area contributed by atoms with Gasteiger partial charge in [0, 0.05) is 29.9 Å². The molecule has 1 aliphatic rings. The minimum Gasteiger partial charge on any atom is -0.399 e. The fourth-order valence-electron chi connectivity index (χ4n) is 2.31. The summed E-state index contributed by atoms with van der Waals surface area (Å²) in [5.74, 6) is 0. The molecule has 1 atom stereocenters. The van der Waals surface area contributed by atoms with Crippen LogP contribution in [0.4, 0.5) is 5.69 Å². The van der Waals surface area contributed by atoms with Crippen LogP contribution in [0.3, 0.4) is 0 Å². The van der Waals surface area contributed by atoms with Gasteiger partial charge in [-0.3, -0.25) is 4.90 Å². The zero-order chi connectivity index (χ0) is 13.0. The summed E-state index contributed by atoms with van der Waals surface area (Å²) < 4.78 is 6.79. The van der Waals surface area contributed by atoms with Crippen molar-refractivity contribution < 1.29 is 4.74 Å². The van der Waals surface area contributed by atoms with Crippen molar-refractivity contribution in [2.75, 3.05) is 25.4 Å². The lowest BCUT2D eigenvalue weighted by atomic mass is 10.1. The maximum absolute atomic E-state index is 5.76. The van der Waals surface area contributed by atoms with Gasteiger partial charge in [0.2, 0.25) is 0 Å². The van der Waals surface area contributed by atoms with Crippen molar-refractivity contribution >= 4 is 21.6 Å². The standard InChI is InChI=1S/C14H21BrN2O/c1-2-17(10-13-4-3-7-18-13)9-11-5-6-12(16)8-14(11)15/h5-6,8,13H,2-4,7,9-10,16H2,1H3. The Labute approximate surface area is 117 Å². The van der Waals surface area contributed by atoms with Gasteiger partial charge in [-0.15, -0.1) is 0 Å². The number of rotatable bonds is 5. The number of nitrogen functional groups attached to an aromatic ring is 1. The second kappa shape index (κ2) is 6.55. The van der Waals surface area contributed by atoms with Gasteiger partial charge in [0.1, 0.15) is 0 Å². The summed E-state index contributed by atoms with van der Waals surface area (Å²) in [6, 6.07) is 6.02. The summed E-state index contributed by atoms with van der Waals surface area (Å²) >= 11 is 3.58. The number of nitrogens with two attached hydrogens (primary N) is 1. The molecule has 0 aromatic heterocycles. The Morgan fingerprint density at radius 3 is 2.94 bits per heavy atom. The number of hydrogen-bond acceptors (Lipinski definition) is 3. The molecule has 2 rings (SSSR count). The van der Waals surface area contributed by atoms with Crippen molar-refractivity contribution in [3.05, 3.63) is 28.2 Å². The topological polar surface area (TPSA) is 38.5 Å². The Hall–Kier alpha value is -0.580. The van der Waals surface area contributed by atoms with Crippen LogP contribution in [-0.4, -0.2) is 30.7 Å². The van der Waals surface area contributed by atoms with Gasteiger partial charge < -0.3 is 10.5 Å². The van der Waals surface area contributed by atoms with Crippen molar-refractivity contribution in [2.24, 2.45) is 0 Å². The summed E-state index contributed by atoms with van der Waals surface area (Å²) in [7, 11) is 0. The van der Waals surface area contributed by atoms with Crippen molar-refractivity contribution in [3.8, 4) is 0 Å². The Bertz CT molecular complexity index is 391. The molecule has 1 fully saturated rings.